The zero-order valence-electron chi connectivity index (χ0n) is 9.58. The van der Waals surface area contributed by atoms with Crippen LogP contribution in [0, 0.1) is 5.92 Å². The average Bonchev–Trinajstić information content (AvgIpc) is 2.88. The van der Waals surface area contributed by atoms with Crippen LogP contribution < -0.4 is 5.32 Å². The minimum absolute atomic E-state index is 0.0232. The fourth-order valence-electron chi connectivity index (χ4n) is 1.37. The molecule has 0 aliphatic carbocycles. The largest absolute Gasteiger partial charge is 0.303 e. The molecule has 90 valence electrons. The number of hydrogen-bond acceptors (Lipinski definition) is 5. The summed E-state index contributed by atoms with van der Waals surface area (Å²) < 4.78 is 0. The fraction of sp³-hybridized carbons (Fsp3) is 0.364. The van der Waals surface area contributed by atoms with E-state index in [1.165, 1.54) is 11.8 Å². The van der Waals surface area contributed by atoms with Crippen molar-refractivity contribution in [2.45, 2.75) is 19.1 Å². The Bertz CT molecular complexity index is 451. The molecule has 17 heavy (non-hydrogen) atoms. The molecule has 1 amide bonds. The van der Waals surface area contributed by atoms with Crippen LogP contribution in [0.3, 0.4) is 0 Å². The van der Waals surface area contributed by atoms with Gasteiger partial charge in [-0.3, -0.25) is 4.79 Å². The van der Waals surface area contributed by atoms with Crippen molar-refractivity contribution in [2.75, 3.05) is 0 Å². The molecule has 1 aromatic heterocycles. The second-order valence-corrected chi connectivity index (χ2v) is 6.05. The van der Waals surface area contributed by atoms with Crippen molar-refractivity contribution < 1.29 is 4.79 Å². The Hall–Kier alpha value is -1.14. The molecular weight excluding hydrogens is 254 g/mol. The van der Waals surface area contributed by atoms with E-state index in [1.807, 2.05) is 31.4 Å². The van der Waals surface area contributed by atoms with Crippen LogP contribution in [-0.2, 0) is 4.79 Å². The normalized spacial score (nSPS) is 22.9. The zero-order chi connectivity index (χ0) is 12.3. The molecule has 1 saturated heterocycles. The van der Waals surface area contributed by atoms with Gasteiger partial charge in [-0.15, -0.1) is 16.4 Å². The molecule has 2 heterocycles. The SMILES string of the molecule is CC(C)[C@@H]1S/C(=N\N=C/c2cccs2)NC1=O. The standard InChI is InChI=1S/C11H13N3OS2/c1-7(2)9-10(15)13-11(17-9)14-12-6-8-4-3-5-16-8/h3-7,9H,1-2H3,(H,13,14,15)/b12-6-/t9-/m0/s1. The topological polar surface area (TPSA) is 53.8 Å². The van der Waals surface area contributed by atoms with Crippen molar-refractivity contribution in [3.8, 4) is 0 Å². The maximum atomic E-state index is 11.6. The summed E-state index contributed by atoms with van der Waals surface area (Å²) in [6.45, 7) is 4.05. The van der Waals surface area contributed by atoms with E-state index in [0.717, 1.165) is 4.88 Å². The van der Waals surface area contributed by atoms with Crippen LogP contribution in [-0.4, -0.2) is 22.5 Å². The number of carbonyl (C=O) groups excluding carboxylic acids is 1. The number of amidine groups is 1. The summed E-state index contributed by atoms with van der Waals surface area (Å²) in [5.74, 6) is 0.323. The second kappa shape index (κ2) is 5.46. The van der Waals surface area contributed by atoms with E-state index in [4.69, 9.17) is 0 Å². The number of thioether (sulfide) groups is 1. The maximum Gasteiger partial charge on any atom is 0.239 e. The molecule has 0 radical (unpaired) electrons. The molecule has 6 heteroatoms. The molecule has 0 aromatic carbocycles. The zero-order valence-corrected chi connectivity index (χ0v) is 11.2. The summed E-state index contributed by atoms with van der Waals surface area (Å²) in [5.41, 5.74) is 0. The first-order valence-corrected chi connectivity index (χ1v) is 7.05. The summed E-state index contributed by atoms with van der Waals surface area (Å²) >= 11 is 3.04. The van der Waals surface area contributed by atoms with Crippen LogP contribution in [0.25, 0.3) is 0 Å². The third-order valence-electron chi connectivity index (χ3n) is 2.21. The Kier molecular flexibility index (Phi) is 3.96. The summed E-state index contributed by atoms with van der Waals surface area (Å²) in [5, 5.41) is 13.2. The predicted molar refractivity (Wildman–Crippen MR) is 73.7 cm³/mol. The van der Waals surface area contributed by atoms with E-state index >= 15 is 0 Å². The highest BCUT2D eigenvalue weighted by Crippen LogP contribution is 2.25. The predicted octanol–water partition coefficient (Wildman–Crippen LogP) is 2.33. The summed E-state index contributed by atoms with van der Waals surface area (Å²) in [7, 11) is 0. The van der Waals surface area contributed by atoms with Crippen LogP contribution in [0.15, 0.2) is 27.7 Å². The van der Waals surface area contributed by atoms with Crippen molar-refractivity contribution >= 4 is 40.4 Å². The average molecular weight is 267 g/mol. The van der Waals surface area contributed by atoms with Gasteiger partial charge in [0.25, 0.3) is 0 Å². The highest BCUT2D eigenvalue weighted by Gasteiger charge is 2.32. The molecule has 2 rings (SSSR count). The van der Waals surface area contributed by atoms with E-state index < -0.39 is 0 Å². The van der Waals surface area contributed by atoms with Crippen LogP contribution in [0.1, 0.15) is 18.7 Å². The molecular formula is C11H13N3OS2. The first-order chi connectivity index (χ1) is 8.16. The molecule has 0 saturated carbocycles. The lowest BCUT2D eigenvalue weighted by molar-refractivity contribution is -0.119. The van der Waals surface area contributed by atoms with E-state index in [1.54, 1.807) is 17.6 Å². The smallest absolute Gasteiger partial charge is 0.239 e. The number of nitrogens with one attached hydrogen (secondary N) is 1. The van der Waals surface area contributed by atoms with Gasteiger partial charge < -0.3 is 5.32 Å². The number of nitrogens with zero attached hydrogens (tertiary/aromatic N) is 2. The lowest BCUT2D eigenvalue weighted by Crippen LogP contribution is -2.27. The lowest BCUT2D eigenvalue weighted by atomic mass is 10.1. The third kappa shape index (κ3) is 3.17. The fourth-order valence-corrected chi connectivity index (χ4v) is 2.88. The van der Waals surface area contributed by atoms with E-state index in [0.29, 0.717) is 11.1 Å². The van der Waals surface area contributed by atoms with Gasteiger partial charge in [-0.05, 0) is 17.4 Å². The van der Waals surface area contributed by atoms with Gasteiger partial charge in [0.15, 0.2) is 5.17 Å². The van der Waals surface area contributed by atoms with Crippen molar-refractivity contribution in [3.05, 3.63) is 22.4 Å². The number of amides is 1. The summed E-state index contributed by atoms with van der Waals surface area (Å²) in [6, 6.07) is 3.92. The van der Waals surface area contributed by atoms with Gasteiger partial charge in [-0.1, -0.05) is 31.7 Å². The van der Waals surface area contributed by atoms with Gasteiger partial charge in [0, 0.05) is 4.88 Å². The molecule has 0 unspecified atom stereocenters. The first-order valence-electron chi connectivity index (χ1n) is 5.29. The van der Waals surface area contributed by atoms with Crippen molar-refractivity contribution in [1.29, 1.82) is 0 Å². The van der Waals surface area contributed by atoms with Crippen LogP contribution in [0.5, 0.6) is 0 Å². The lowest BCUT2D eigenvalue weighted by Gasteiger charge is -2.07. The van der Waals surface area contributed by atoms with E-state index in [2.05, 4.69) is 15.5 Å². The Morgan fingerprint density at radius 1 is 1.53 bits per heavy atom. The number of rotatable bonds is 3. The Morgan fingerprint density at radius 2 is 2.35 bits per heavy atom. The molecule has 1 aliphatic heterocycles. The second-order valence-electron chi connectivity index (χ2n) is 3.94. The number of carbonyl (C=O) groups is 1. The Labute approximate surface area is 108 Å². The highest BCUT2D eigenvalue weighted by molar-refractivity contribution is 8.15. The van der Waals surface area contributed by atoms with Crippen LogP contribution in [0.4, 0.5) is 0 Å². The minimum Gasteiger partial charge on any atom is -0.303 e. The monoisotopic (exact) mass is 267 g/mol. The van der Waals surface area contributed by atoms with Crippen molar-refractivity contribution in [2.24, 2.45) is 16.1 Å². The van der Waals surface area contributed by atoms with Crippen molar-refractivity contribution in [1.82, 2.24) is 5.32 Å². The quantitative estimate of drug-likeness (QED) is 0.675. The van der Waals surface area contributed by atoms with Gasteiger partial charge in [0.05, 0.1) is 11.5 Å². The minimum atomic E-state index is -0.0503. The third-order valence-corrected chi connectivity index (χ3v) is 4.44. The Morgan fingerprint density at radius 3 is 2.94 bits per heavy atom. The van der Waals surface area contributed by atoms with E-state index in [-0.39, 0.29) is 11.2 Å². The summed E-state index contributed by atoms with van der Waals surface area (Å²) in [4.78, 5) is 12.6. The molecule has 4 nitrogen and oxygen atoms in total. The van der Waals surface area contributed by atoms with Gasteiger partial charge >= 0.3 is 0 Å². The molecule has 1 atom stereocenters. The summed E-state index contributed by atoms with van der Waals surface area (Å²) in [6.07, 6.45) is 1.69. The molecule has 0 bridgehead atoms. The van der Waals surface area contributed by atoms with Gasteiger partial charge in [0.2, 0.25) is 5.91 Å². The molecule has 0 spiro atoms. The molecule has 1 aliphatic rings. The molecule has 1 fully saturated rings. The molecule has 1 aromatic rings. The number of hydrogen-bond donors (Lipinski definition) is 1. The first kappa shape index (κ1) is 12.3. The maximum absolute atomic E-state index is 11.6. The van der Waals surface area contributed by atoms with Gasteiger partial charge in [0.1, 0.15) is 0 Å². The highest BCUT2D eigenvalue weighted by atomic mass is 32.2. The molecule has 1 N–H and O–H groups in total. The van der Waals surface area contributed by atoms with Crippen LogP contribution >= 0.6 is 23.1 Å². The van der Waals surface area contributed by atoms with Gasteiger partial charge in [-0.25, -0.2) is 0 Å². The van der Waals surface area contributed by atoms with Gasteiger partial charge in [-0.2, -0.15) is 5.10 Å². The van der Waals surface area contributed by atoms with Crippen molar-refractivity contribution in [3.63, 3.8) is 0 Å². The number of thiophene rings is 1. The van der Waals surface area contributed by atoms with E-state index in [9.17, 15) is 4.79 Å². The van der Waals surface area contributed by atoms with Crippen LogP contribution in [0.2, 0.25) is 0 Å². The Balaban J connectivity index is 1.98.